The van der Waals surface area contributed by atoms with Crippen molar-refractivity contribution in [1.82, 2.24) is 10.2 Å². The molecule has 1 N–H and O–H groups in total. The number of anilines is 1. The van der Waals surface area contributed by atoms with Crippen LogP contribution in [0.4, 0.5) is 10.1 Å². The summed E-state index contributed by atoms with van der Waals surface area (Å²) < 4.78 is 47.5. The first-order valence-corrected chi connectivity index (χ1v) is 13.7. The molecule has 0 saturated heterocycles. The number of nitrogens with zero attached hydrogens (tertiary/aromatic N) is 2. The van der Waals surface area contributed by atoms with Crippen LogP contribution >= 0.6 is 0 Å². The normalized spacial score (nSPS) is 11.9. The van der Waals surface area contributed by atoms with E-state index < -0.39 is 34.3 Å². The molecule has 0 saturated carbocycles. The Labute approximate surface area is 223 Å². The number of ether oxygens (including phenoxy) is 1. The van der Waals surface area contributed by atoms with Crippen LogP contribution in [-0.4, -0.2) is 57.9 Å². The second-order valence-corrected chi connectivity index (χ2v) is 10.4. The molecular weight excluding hydrogens is 509 g/mol. The van der Waals surface area contributed by atoms with Gasteiger partial charge in [-0.3, -0.25) is 13.9 Å². The maximum Gasteiger partial charge on any atom is 0.264 e. The summed E-state index contributed by atoms with van der Waals surface area (Å²) in [6, 6.07) is 19.3. The largest absolute Gasteiger partial charge is 0.494 e. The molecule has 0 aromatic heterocycles. The smallest absolute Gasteiger partial charge is 0.264 e. The fourth-order valence-electron chi connectivity index (χ4n) is 3.92. The minimum absolute atomic E-state index is 0.0618. The standard InChI is InChI=1S/C28H32FN3O5S/c1-4-37-25-14-16-26(17-15-25)38(35,36)32(24-12-10-23(29)11-13-24)20-27(33)31(21(2)28(34)30-3)19-18-22-8-6-5-7-9-22/h5-17,21H,4,18-20H2,1-3H3,(H,30,34)/t21-/m1/s1. The zero-order valence-corrected chi connectivity index (χ0v) is 22.4. The van der Waals surface area contributed by atoms with E-state index in [2.05, 4.69) is 5.32 Å². The van der Waals surface area contributed by atoms with Gasteiger partial charge in [0.25, 0.3) is 10.0 Å². The SMILES string of the molecule is CCOc1ccc(S(=O)(=O)N(CC(=O)N(CCc2ccccc2)[C@H](C)C(=O)NC)c2ccc(F)cc2)cc1. The first-order chi connectivity index (χ1) is 18.2. The fourth-order valence-corrected chi connectivity index (χ4v) is 5.33. The van der Waals surface area contributed by atoms with E-state index in [0.717, 1.165) is 22.0 Å². The van der Waals surface area contributed by atoms with Crippen LogP contribution in [0, 0.1) is 5.82 Å². The van der Waals surface area contributed by atoms with Crippen LogP contribution < -0.4 is 14.4 Å². The molecule has 0 spiro atoms. The minimum Gasteiger partial charge on any atom is -0.494 e. The van der Waals surface area contributed by atoms with E-state index in [4.69, 9.17) is 4.74 Å². The highest BCUT2D eigenvalue weighted by atomic mass is 32.2. The zero-order chi connectivity index (χ0) is 27.7. The van der Waals surface area contributed by atoms with Gasteiger partial charge >= 0.3 is 0 Å². The molecule has 1 atom stereocenters. The van der Waals surface area contributed by atoms with Crippen molar-refractivity contribution in [3.63, 3.8) is 0 Å². The van der Waals surface area contributed by atoms with Crippen LogP contribution in [0.15, 0.2) is 83.8 Å². The molecule has 0 heterocycles. The molecule has 0 radical (unpaired) electrons. The molecule has 0 unspecified atom stereocenters. The average Bonchev–Trinajstić information content (AvgIpc) is 2.93. The number of sulfonamides is 1. The van der Waals surface area contributed by atoms with Gasteiger partial charge in [0, 0.05) is 13.6 Å². The third-order valence-corrected chi connectivity index (χ3v) is 7.80. The van der Waals surface area contributed by atoms with E-state index >= 15 is 0 Å². The van der Waals surface area contributed by atoms with Gasteiger partial charge in [0.05, 0.1) is 17.2 Å². The van der Waals surface area contributed by atoms with E-state index in [0.29, 0.717) is 18.8 Å². The van der Waals surface area contributed by atoms with Gasteiger partial charge in [-0.05, 0) is 74.4 Å². The van der Waals surface area contributed by atoms with E-state index in [-0.39, 0.29) is 23.0 Å². The highest BCUT2D eigenvalue weighted by molar-refractivity contribution is 7.92. The summed E-state index contributed by atoms with van der Waals surface area (Å²) in [6.07, 6.45) is 0.468. The van der Waals surface area contributed by atoms with Crippen molar-refractivity contribution in [2.24, 2.45) is 0 Å². The number of rotatable bonds is 12. The lowest BCUT2D eigenvalue weighted by atomic mass is 10.1. The highest BCUT2D eigenvalue weighted by Gasteiger charge is 2.32. The van der Waals surface area contributed by atoms with Gasteiger partial charge in [0.1, 0.15) is 24.2 Å². The van der Waals surface area contributed by atoms with Gasteiger partial charge in [-0.15, -0.1) is 0 Å². The number of carbonyl (C=O) groups is 2. The summed E-state index contributed by atoms with van der Waals surface area (Å²) >= 11 is 0. The minimum atomic E-state index is -4.24. The number of hydrogen-bond acceptors (Lipinski definition) is 5. The maximum absolute atomic E-state index is 13.7. The Balaban J connectivity index is 1.96. The molecule has 0 aliphatic carbocycles. The molecular formula is C28H32FN3O5S. The third-order valence-electron chi connectivity index (χ3n) is 6.01. The van der Waals surface area contributed by atoms with Gasteiger partial charge in [-0.1, -0.05) is 30.3 Å². The maximum atomic E-state index is 13.7. The third kappa shape index (κ3) is 7.10. The molecule has 0 aliphatic rings. The topological polar surface area (TPSA) is 96.0 Å². The molecule has 202 valence electrons. The summed E-state index contributed by atoms with van der Waals surface area (Å²) in [6.45, 7) is 3.43. The van der Waals surface area contributed by atoms with Gasteiger partial charge in [0.15, 0.2) is 0 Å². The lowest BCUT2D eigenvalue weighted by molar-refractivity contribution is -0.138. The predicted octanol–water partition coefficient (Wildman–Crippen LogP) is 3.63. The predicted molar refractivity (Wildman–Crippen MR) is 144 cm³/mol. The van der Waals surface area contributed by atoms with Crippen LogP contribution in [0.25, 0.3) is 0 Å². The van der Waals surface area contributed by atoms with E-state index in [9.17, 15) is 22.4 Å². The van der Waals surface area contributed by atoms with E-state index in [1.165, 1.54) is 48.3 Å². The summed E-state index contributed by atoms with van der Waals surface area (Å²) in [5.74, 6) is -0.997. The van der Waals surface area contributed by atoms with Crippen molar-refractivity contribution in [2.75, 3.05) is 31.0 Å². The number of nitrogens with one attached hydrogen (secondary N) is 1. The molecule has 0 bridgehead atoms. The van der Waals surface area contributed by atoms with Crippen LogP contribution in [0.3, 0.4) is 0 Å². The lowest BCUT2D eigenvalue weighted by Crippen LogP contribution is -2.51. The quantitative estimate of drug-likeness (QED) is 0.378. The highest BCUT2D eigenvalue weighted by Crippen LogP contribution is 2.26. The second kappa shape index (κ2) is 13.0. The van der Waals surface area contributed by atoms with E-state index in [1.807, 2.05) is 37.3 Å². The molecule has 0 fully saturated rings. The van der Waals surface area contributed by atoms with Crippen LogP contribution in [-0.2, 0) is 26.0 Å². The number of hydrogen-bond donors (Lipinski definition) is 1. The molecule has 3 aromatic carbocycles. The molecule has 38 heavy (non-hydrogen) atoms. The molecule has 2 amide bonds. The first kappa shape index (κ1) is 28.6. The molecule has 3 aromatic rings. The van der Waals surface area contributed by atoms with Gasteiger partial charge in [-0.25, -0.2) is 12.8 Å². The summed E-state index contributed by atoms with van der Waals surface area (Å²) in [5, 5.41) is 2.54. The van der Waals surface area contributed by atoms with Crippen molar-refractivity contribution in [3.8, 4) is 5.75 Å². The summed E-state index contributed by atoms with van der Waals surface area (Å²) in [4.78, 5) is 27.4. The van der Waals surface area contributed by atoms with Crippen LogP contribution in [0.1, 0.15) is 19.4 Å². The Morgan fingerprint density at radius 1 is 0.974 bits per heavy atom. The lowest BCUT2D eigenvalue weighted by Gasteiger charge is -2.31. The second-order valence-electron chi connectivity index (χ2n) is 8.51. The number of benzene rings is 3. The molecule has 8 nitrogen and oxygen atoms in total. The van der Waals surface area contributed by atoms with Crippen molar-refractivity contribution < 1.29 is 27.1 Å². The van der Waals surface area contributed by atoms with E-state index in [1.54, 1.807) is 6.92 Å². The van der Waals surface area contributed by atoms with Crippen molar-refractivity contribution >= 4 is 27.5 Å². The Kier molecular flexibility index (Phi) is 9.84. The number of carbonyl (C=O) groups excluding carboxylic acids is 2. The van der Waals surface area contributed by atoms with Crippen LogP contribution in [0.5, 0.6) is 5.75 Å². The van der Waals surface area contributed by atoms with Crippen molar-refractivity contribution in [3.05, 3.63) is 90.2 Å². The van der Waals surface area contributed by atoms with Gasteiger partial charge < -0.3 is 15.0 Å². The van der Waals surface area contributed by atoms with Crippen molar-refractivity contribution in [1.29, 1.82) is 0 Å². The number of likely N-dealkylation sites (N-methyl/N-ethyl adjacent to an activating group) is 1. The summed E-state index contributed by atoms with van der Waals surface area (Å²) in [5.41, 5.74) is 1.08. The zero-order valence-electron chi connectivity index (χ0n) is 21.6. The number of amides is 2. The average molecular weight is 542 g/mol. The Hall–Kier alpha value is -3.92. The molecule has 3 rings (SSSR count). The first-order valence-electron chi connectivity index (χ1n) is 12.2. The Bertz CT molecular complexity index is 1320. The van der Waals surface area contributed by atoms with Gasteiger partial charge in [0.2, 0.25) is 11.8 Å². The van der Waals surface area contributed by atoms with Crippen LogP contribution in [0.2, 0.25) is 0 Å². The fraction of sp³-hybridized carbons (Fsp3) is 0.286. The Morgan fingerprint density at radius 3 is 2.18 bits per heavy atom. The van der Waals surface area contributed by atoms with Gasteiger partial charge in [-0.2, -0.15) is 0 Å². The Morgan fingerprint density at radius 2 is 1.61 bits per heavy atom. The molecule has 10 heteroatoms. The van der Waals surface area contributed by atoms with Crippen molar-refractivity contribution in [2.45, 2.75) is 31.2 Å². The number of halogens is 1. The monoisotopic (exact) mass is 541 g/mol. The summed E-state index contributed by atoms with van der Waals surface area (Å²) in [7, 11) is -2.77. The molecule has 0 aliphatic heterocycles.